The Hall–Kier alpha value is -3.15. The molecule has 2 aromatic rings. The van der Waals surface area contributed by atoms with Gasteiger partial charge in [0.1, 0.15) is 5.76 Å². The first-order valence-electron chi connectivity index (χ1n) is 6.86. The zero-order valence-corrected chi connectivity index (χ0v) is 12.4. The van der Waals surface area contributed by atoms with Gasteiger partial charge in [0, 0.05) is 13.1 Å². The third-order valence-electron chi connectivity index (χ3n) is 3.07. The fraction of sp³-hybridized carbons (Fsp3) is 0.118. The Bertz CT molecular complexity index is 693. The summed E-state index contributed by atoms with van der Waals surface area (Å²) in [5.41, 5.74) is 0.794. The largest absolute Gasteiger partial charge is 0.467 e. The zero-order valence-electron chi connectivity index (χ0n) is 12.4. The molecule has 0 aliphatic rings. The van der Waals surface area contributed by atoms with E-state index in [4.69, 9.17) is 4.42 Å². The van der Waals surface area contributed by atoms with Gasteiger partial charge in [0.05, 0.1) is 6.26 Å². The van der Waals surface area contributed by atoms with E-state index < -0.39 is 18.0 Å². The maximum atomic E-state index is 12.4. The van der Waals surface area contributed by atoms with Gasteiger partial charge in [0.25, 0.3) is 5.91 Å². The molecule has 0 saturated heterocycles. The molecule has 3 amide bonds. The van der Waals surface area contributed by atoms with E-state index >= 15 is 0 Å². The number of imide groups is 1. The number of rotatable bonds is 5. The molecule has 1 N–H and O–H groups in total. The Kier molecular flexibility index (Phi) is 5.46. The first-order valence-corrected chi connectivity index (χ1v) is 6.86. The lowest BCUT2D eigenvalue weighted by atomic mass is 10.2. The van der Waals surface area contributed by atoms with Gasteiger partial charge >= 0.3 is 6.03 Å². The van der Waals surface area contributed by atoms with Crippen LogP contribution in [0.2, 0.25) is 0 Å². The van der Waals surface area contributed by atoms with E-state index in [1.807, 2.05) is 30.3 Å². The summed E-state index contributed by atoms with van der Waals surface area (Å²) < 4.78 is 5.11. The van der Waals surface area contributed by atoms with Crippen LogP contribution in [0.1, 0.15) is 17.4 Å². The van der Waals surface area contributed by atoms with Crippen LogP contribution in [0.25, 0.3) is 6.08 Å². The first kappa shape index (κ1) is 16.2. The van der Waals surface area contributed by atoms with Crippen molar-refractivity contribution in [2.75, 3.05) is 7.05 Å². The number of hydrogen-bond donors (Lipinski definition) is 1. The van der Waals surface area contributed by atoms with Gasteiger partial charge in [-0.15, -0.1) is 0 Å². The normalized spacial score (nSPS) is 11.9. The highest BCUT2D eigenvalue weighted by Crippen LogP contribution is 2.20. The lowest BCUT2D eigenvalue weighted by molar-refractivity contribution is -0.124. The molecule has 0 bridgehead atoms. The molecule has 2 rings (SSSR count). The Morgan fingerprint density at radius 2 is 1.96 bits per heavy atom. The molecule has 0 fully saturated rings. The predicted molar refractivity (Wildman–Crippen MR) is 83.9 cm³/mol. The van der Waals surface area contributed by atoms with Crippen molar-refractivity contribution in [1.82, 2.24) is 10.2 Å². The van der Waals surface area contributed by atoms with Crippen molar-refractivity contribution in [1.29, 1.82) is 0 Å². The summed E-state index contributed by atoms with van der Waals surface area (Å²) in [5, 5.41) is 2.33. The lowest BCUT2D eigenvalue weighted by Crippen LogP contribution is -2.44. The number of carbonyl (C=O) groups excluding carboxylic acids is 3. The minimum atomic E-state index is -1.25. The standard InChI is InChI=1S/C17H15N2O4/c1-18-17(22)19(14(12-20)15-8-5-11-23-15)16(21)10-9-13-6-3-2-4-7-13/h2-11,14H,1H3,(H,18,22). The molecule has 6 nitrogen and oxygen atoms in total. The van der Waals surface area contributed by atoms with Gasteiger partial charge in [-0.05, 0) is 23.8 Å². The Morgan fingerprint density at radius 3 is 2.52 bits per heavy atom. The maximum Gasteiger partial charge on any atom is 0.325 e. The highest BCUT2D eigenvalue weighted by Gasteiger charge is 2.31. The van der Waals surface area contributed by atoms with E-state index in [1.54, 1.807) is 18.4 Å². The van der Waals surface area contributed by atoms with Crippen LogP contribution in [-0.2, 0) is 9.59 Å². The van der Waals surface area contributed by atoms with E-state index in [9.17, 15) is 14.4 Å². The summed E-state index contributed by atoms with van der Waals surface area (Å²) in [7, 11) is 1.37. The number of furan rings is 1. The summed E-state index contributed by atoms with van der Waals surface area (Å²) in [4.78, 5) is 36.4. The van der Waals surface area contributed by atoms with E-state index in [1.165, 1.54) is 25.5 Å². The Labute approximate surface area is 133 Å². The summed E-state index contributed by atoms with van der Waals surface area (Å²) in [6.07, 6.45) is 5.80. The topological polar surface area (TPSA) is 79.6 Å². The van der Waals surface area contributed by atoms with Crippen molar-refractivity contribution in [3.63, 3.8) is 0 Å². The van der Waals surface area contributed by atoms with Crippen molar-refractivity contribution >= 4 is 24.3 Å². The van der Waals surface area contributed by atoms with Crippen LogP contribution in [0.4, 0.5) is 4.79 Å². The van der Waals surface area contributed by atoms with Gasteiger partial charge in [-0.1, -0.05) is 30.3 Å². The molecule has 6 heteroatoms. The highest BCUT2D eigenvalue weighted by molar-refractivity contribution is 6.04. The average molecular weight is 311 g/mol. The molecular formula is C17H15N2O4. The number of nitrogens with zero attached hydrogens (tertiary/aromatic N) is 1. The van der Waals surface area contributed by atoms with Crippen molar-refractivity contribution in [2.45, 2.75) is 6.04 Å². The minimum absolute atomic E-state index is 0.157. The summed E-state index contributed by atoms with van der Waals surface area (Å²) in [6.45, 7) is 0. The van der Waals surface area contributed by atoms with E-state index in [0.717, 1.165) is 10.5 Å². The SMILES string of the molecule is CNC(=O)N(C(=O)C=Cc1ccccc1)C([C]=O)c1ccco1. The molecule has 1 radical (unpaired) electrons. The summed E-state index contributed by atoms with van der Waals surface area (Å²) >= 11 is 0. The second-order valence-electron chi connectivity index (χ2n) is 4.54. The van der Waals surface area contributed by atoms with Crippen LogP contribution in [0.3, 0.4) is 0 Å². The molecule has 117 valence electrons. The number of nitrogens with one attached hydrogen (secondary N) is 1. The number of carbonyl (C=O) groups is 2. The van der Waals surface area contributed by atoms with Crippen LogP contribution >= 0.6 is 0 Å². The van der Waals surface area contributed by atoms with Gasteiger partial charge in [-0.3, -0.25) is 9.59 Å². The minimum Gasteiger partial charge on any atom is -0.467 e. The fourth-order valence-electron chi connectivity index (χ4n) is 1.96. The van der Waals surface area contributed by atoms with Crippen molar-refractivity contribution < 1.29 is 18.8 Å². The van der Waals surface area contributed by atoms with Gasteiger partial charge in [0.15, 0.2) is 6.04 Å². The Balaban J connectivity index is 2.27. The number of amides is 3. The van der Waals surface area contributed by atoms with E-state index in [2.05, 4.69) is 5.32 Å². The third kappa shape index (κ3) is 3.94. The third-order valence-corrected chi connectivity index (χ3v) is 3.07. The molecule has 0 aliphatic carbocycles. The van der Waals surface area contributed by atoms with E-state index in [0.29, 0.717) is 0 Å². The van der Waals surface area contributed by atoms with Crippen LogP contribution in [0.5, 0.6) is 0 Å². The van der Waals surface area contributed by atoms with Gasteiger partial charge in [-0.25, -0.2) is 9.69 Å². The zero-order chi connectivity index (χ0) is 16.7. The summed E-state index contributed by atoms with van der Waals surface area (Å²) in [5.74, 6) is -0.497. The highest BCUT2D eigenvalue weighted by atomic mass is 16.3. The second kappa shape index (κ2) is 7.74. The predicted octanol–water partition coefficient (Wildman–Crippen LogP) is 2.31. The summed E-state index contributed by atoms with van der Waals surface area (Å²) in [6, 6.07) is 10.2. The molecule has 0 spiro atoms. The average Bonchev–Trinajstić information content (AvgIpc) is 3.12. The number of hydrogen-bond acceptors (Lipinski definition) is 4. The van der Waals surface area contributed by atoms with E-state index in [-0.39, 0.29) is 5.76 Å². The first-order chi connectivity index (χ1) is 11.2. The molecule has 0 saturated carbocycles. The fourth-order valence-corrected chi connectivity index (χ4v) is 1.96. The molecule has 1 aromatic heterocycles. The molecule has 1 atom stereocenters. The molecule has 0 aliphatic heterocycles. The quantitative estimate of drug-likeness (QED) is 0.859. The monoisotopic (exact) mass is 311 g/mol. The van der Waals surface area contributed by atoms with Crippen LogP contribution in [0.15, 0.2) is 59.2 Å². The van der Waals surface area contributed by atoms with Crippen molar-refractivity contribution in [2.24, 2.45) is 0 Å². The van der Waals surface area contributed by atoms with Crippen LogP contribution < -0.4 is 5.32 Å². The number of urea groups is 1. The van der Waals surface area contributed by atoms with Crippen LogP contribution in [-0.4, -0.2) is 30.2 Å². The van der Waals surface area contributed by atoms with Crippen LogP contribution in [0, 0.1) is 0 Å². The molecular weight excluding hydrogens is 296 g/mol. The smallest absolute Gasteiger partial charge is 0.325 e. The molecule has 1 unspecified atom stereocenters. The van der Waals surface area contributed by atoms with Gasteiger partial charge < -0.3 is 9.73 Å². The lowest BCUT2D eigenvalue weighted by Gasteiger charge is -2.22. The molecule has 23 heavy (non-hydrogen) atoms. The Morgan fingerprint density at radius 1 is 1.22 bits per heavy atom. The molecule has 1 aromatic carbocycles. The van der Waals surface area contributed by atoms with Crippen molar-refractivity contribution in [3.8, 4) is 0 Å². The molecule has 1 heterocycles. The van der Waals surface area contributed by atoms with Gasteiger partial charge in [-0.2, -0.15) is 0 Å². The second-order valence-corrected chi connectivity index (χ2v) is 4.54. The van der Waals surface area contributed by atoms with Crippen molar-refractivity contribution in [3.05, 3.63) is 66.1 Å². The number of benzene rings is 1. The maximum absolute atomic E-state index is 12.4. The van der Waals surface area contributed by atoms with Gasteiger partial charge in [0.2, 0.25) is 6.29 Å².